The van der Waals surface area contributed by atoms with Crippen molar-refractivity contribution in [3.63, 3.8) is 0 Å². The van der Waals surface area contributed by atoms with Gasteiger partial charge in [0.1, 0.15) is 5.03 Å². The number of benzene rings is 1. The molecule has 0 amide bonds. The minimum absolute atomic E-state index is 0.405. The molecule has 0 aliphatic rings. The molecule has 2 aromatic rings. The summed E-state index contributed by atoms with van der Waals surface area (Å²) >= 11 is 7.23. The Bertz CT molecular complexity index is 629. The lowest BCUT2D eigenvalue weighted by Gasteiger charge is -2.09. The van der Waals surface area contributed by atoms with Crippen LogP contribution in [0.5, 0.6) is 0 Å². The fraction of sp³-hybridized carbons (Fsp3) is 0.214. The third-order valence-electron chi connectivity index (χ3n) is 2.71. The first-order valence-electron chi connectivity index (χ1n) is 5.96. The van der Waals surface area contributed by atoms with Crippen LogP contribution in [-0.2, 0) is 6.18 Å². The van der Waals surface area contributed by atoms with E-state index >= 15 is 0 Å². The molecule has 7 heteroatoms. The number of nitrogens with zero attached hydrogens (tertiary/aromatic N) is 1. The van der Waals surface area contributed by atoms with Gasteiger partial charge < -0.3 is 5.11 Å². The summed E-state index contributed by atoms with van der Waals surface area (Å²) in [5, 5.41) is 10.3. The summed E-state index contributed by atoms with van der Waals surface area (Å²) in [4.78, 5) is 4.51. The number of aliphatic hydroxyl groups is 1. The number of halogens is 4. The predicted octanol–water partition coefficient (Wildman–Crippen LogP) is 4.96. The molecule has 112 valence electrons. The summed E-state index contributed by atoms with van der Waals surface area (Å²) < 4.78 is 37.3. The summed E-state index contributed by atoms with van der Waals surface area (Å²) in [6.07, 6.45) is -4.27. The fourth-order valence-electron chi connectivity index (χ4n) is 1.64. The highest BCUT2D eigenvalue weighted by molar-refractivity contribution is 7.99. The maximum Gasteiger partial charge on any atom is 0.417 e. The highest BCUT2D eigenvalue weighted by atomic mass is 35.5. The van der Waals surface area contributed by atoms with Gasteiger partial charge in [-0.05, 0) is 36.8 Å². The zero-order valence-corrected chi connectivity index (χ0v) is 12.4. The van der Waals surface area contributed by atoms with E-state index in [0.29, 0.717) is 15.6 Å². The van der Waals surface area contributed by atoms with Crippen LogP contribution in [0.1, 0.15) is 24.2 Å². The molecule has 1 aromatic heterocycles. The standard InChI is InChI=1S/C14H11ClF3NOS/c1-8(20)11-4-3-10(6-12(11)15)21-13-5-2-9(7-19-13)14(16,17)18/h2-8,20H,1H3. The van der Waals surface area contributed by atoms with Crippen LogP contribution in [0, 0.1) is 0 Å². The number of aromatic nitrogens is 1. The summed E-state index contributed by atoms with van der Waals surface area (Å²) in [6.45, 7) is 1.60. The third kappa shape index (κ3) is 4.12. The van der Waals surface area contributed by atoms with E-state index in [9.17, 15) is 18.3 Å². The molecule has 0 aliphatic carbocycles. The molecule has 0 aliphatic heterocycles. The third-order valence-corrected chi connectivity index (χ3v) is 3.98. The van der Waals surface area contributed by atoms with Crippen LogP contribution in [0.3, 0.4) is 0 Å². The summed E-state index contributed by atoms with van der Waals surface area (Å²) in [7, 11) is 0. The van der Waals surface area contributed by atoms with Gasteiger partial charge in [0.2, 0.25) is 0 Å². The zero-order valence-electron chi connectivity index (χ0n) is 10.9. The summed E-state index contributed by atoms with van der Waals surface area (Å²) in [5.74, 6) is 0. The first kappa shape index (κ1) is 16.1. The van der Waals surface area contributed by atoms with Crippen LogP contribution in [-0.4, -0.2) is 10.1 Å². The number of alkyl halides is 3. The molecule has 0 saturated carbocycles. The van der Waals surface area contributed by atoms with Crippen molar-refractivity contribution in [3.8, 4) is 0 Å². The molecule has 0 spiro atoms. The van der Waals surface area contributed by atoms with Gasteiger partial charge in [-0.2, -0.15) is 13.2 Å². The summed E-state index contributed by atoms with van der Waals surface area (Å²) in [5.41, 5.74) is -0.185. The Morgan fingerprint density at radius 2 is 1.95 bits per heavy atom. The van der Waals surface area contributed by atoms with Gasteiger partial charge in [0.25, 0.3) is 0 Å². The molecule has 0 bridgehead atoms. The van der Waals surface area contributed by atoms with E-state index in [2.05, 4.69) is 4.98 Å². The first-order chi connectivity index (χ1) is 9.77. The quantitative estimate of drug-likeness (QED) is 0.862. The van der Waals surface area contributed by atoms with Gasteiger partial charge >= 0.3 is 6.18 Å². The van der Waals surface area contributed by atoms with E-state index in [1.807, 2.05) is 0 Å². The normalized spacial score (nSPS) is 13.2. The smallest absolute Gasteiger partial charge is 0.389 e. The second kappa shape index (κ2) is 6.25. The molecule has 21 heavy (non-hydrogen) atoms. The van der Waals surface area contributed by atoms with Crippen molar-refractivity contribution in [2.24, 2.45) is 0 Å². The van der Waals surface area contributed by atoms with Gasteiger partial charge in [-0.3, -0.25) is 0 Å². The van der Waals surface area contributed by atoms with Crippen LogP contribution >= 0.6 is 23.4 Å². The highest BCUT2D eigenvalue weighted by Gasteiger charge is 2.30. The number of hydrogen-bond donors (Lipinski definition) is 1. The van der Waals surface area contributed by atoms with Gasteiger partial charge in [0.05, 0.1) is 11.7 Å². The molecule has 1 heterocycles. The Morgan fingerprint density at radius 3 is 2.43 bits per heavy atom. The van der Waals surface area contributed by atoms with Crippen molar-refractivity contribution < 1.29 is 18.3 Å². The molecule has 2 nitrogen and oxygen atoms in total. The van der Waals surface area contributed by atoms with Crippen LogP contribution in [0.2, 0.25) is 5.02 Å². The Kier molecular flexibility index (Phi) is 4.81. The molecular formula is C14H11ClF3NOS. The highest BCUT2D eigenvalue weighted by Crippen LogP contribution is 2.33. The van der Waals surface area contributed by atoms with E-state index in [-0.39, 0.29) is 0 Å². The van der Waals surface area contributed by atoms with Crippen molar-refractivity contribution in [1.82, 2.24) is 4.98 Å². The predicted molar refractivity (Wildman–Crippen MR) is 75.4 cm³/mol. The Balaban J connectivity index is 2.17. The molecule has 0 saturated heterocycles. The van der Waals surface area contributed by atoms with Crippen molar-refractivity contribution in [3.05, 3.63) is 52.7 Å². The van der Waals surface area contributed by atoms with Gasteiger partial charge in [0, 0.05) is 16.1 Å². The largest absolute Gasteiger partial charge is 0.417 e. The van der Waals surface area contributed by atoms with Crippen LogP contribution in [0.4, 0.5) is 13.2 Å². The van der Waals surface area contributed by atoms with Gasteiger partial charge in [-0.1, -0.05) is 29.4 Å². The SMILES string of the molecule is CC(O)c1ccc(Sc2ccc(C(F)(F)F)cn2)cc1Cl. The second-order valence-electron chi connectivity index (χ2n) is 4.34. The van der Waals surface area contributed by atoms with Crippen LogP contribution in [0.15, 0.2) is 46.5 Å². The van der Waals surface area contributed by atoms with Crippen molar-refractivity contribution in [2.45, 2.75) is 29.1 Å². The maximum absolute atomic E-state index is 12.4. The molecule has 1 unspecified atom stereocenters. The molecule has 1 N–H and O–H groups in total. The van der Waals surface area contributed by atoms with E-state index in [1.165, 1.54) is 17.8 Å². The maximum atomic E-state index is 12.4. The Hall–Kier alpha value is -1.24. The van der Waals surface area contributed by atoms with Crippen molar-refractivity contribution in [1.29, 1.82) is 0 Å². The number of hydrogen-bond acceptors (Lipinski definition) is 3. The lowest BCUT2D eigenvalue weighted by Crippen LogP contribution is -2.04. The molecule has 1 aromatic carbocycles. The average molecular weight is 334 g/mol. The number of aliphatic hydroxyl groups excluding tert-OH is 1. The lowest BCUT2D eigenvalue weighted by atomic mass is 10.1. The molecule has 0 radical (unpaired) electrons. The van der Waals surface area contributed by atoms with E-state index in [1.54, 1.807) is 25.1 Å². The Morgan fingerprint density at radius 1 is 1.24 bits per heavy atom. The molecule has 0 fully saturated rings. The monoisotopic (exact) mass is 333 g/mol. The molecule has 1 atom stereocenters. The zero-order chi connectivity index (χ0) is 15.6. The summed E-state index contributed by atoms with van der Waals surface area (Å²) in [6, 6.07) is 7.36. The van der Waals surface area contributed by atoms with Gasteiger partial charge in [0.15, 0.2) is 0 Å². The van der Waals surface area contributed by atoms with Gasteiger partial charge in [-0.15, -0.1) is 0 Å². The lowest BCUT2D eigenvalue weighted by molar-refractivity contribution is -0.137. The topological polar surface area (TPSA) is 33.1 Å². The van der Waals surface area contributed by atoms with Crippen LogP contribution < -0.4 is 0 Å². The van der Waals surface area contributed by atoms with E-state index in [0.717, 1.165) is 17.2 Å². The molecular weight excluding hydrogens is 323 g/mol. The minimum Gasteiger partial charge on any atom is -0.389 e. The van der Waals surface area contributed by atoms with Gasteiger partial charge in [-0.25, -0.2) is 4.98 Å². The van der Waals surface area contributed by atoms with Crippen molar-refractivity contribution in [2.75, 3.05) is 0 Å². The first-order valence-corrected chi connectivity index (χ1v) is 7.15. The molecule has 2 rings (SSSR count). The number of rotatable bonds is 3. The van der Waals surface area contributed by atoms with E-state index in [4.69, 9.17) is 11.6 Å². The van der Waals surface area contributed by atoms with Crippen LogP contribution in [0.25, 0.3) is 0 Å². The Labute approximate surface area is 129 Å². The number of pyridine rings is 1. The minimum atomic E-state index is -4.39. The fourth-order valence-corrected chi connectivity index (χ4v) is 2.84. The van der Waals surface area contributed by atoms with Crippen molar-refractivity contribution >= 4 is 23.4 Å². The average Bonchev–Trinajstić information content (AvgIpc) is 2.38. The van der Waals surface area contributed by atoms with E-state index < -0.39 is 17.8 Å². The second-order valence-corrected chi connectivity index (χ2v) is 5.85.